The van der Waals surface area contributed by atoms with Crippen molar-refractivity contribution in [3.63, 3.8) is 0 Å². The number of hydrogen-bond donors (Lipinski definition) is 1. The molecule has 162 valence electrons. The van der Waals surface area contributed by atoms with Gasteiger partial charge in [0.2, 0.25) is 11.6 Å². The van der Waals surface area contributed by atoms with Gasteiger partial charge in [0.1, 0.15) is 11.4 Å². The number of ketones is 2. The van der Waals surface area contributed by atoms with Crippen LogP contribution in [0.5, 0.6) is 0 Å². The van der Waals surface area contributed by atoms with Gasteiger partial charge in [0.05, 0.1) is 4.90 Å². The topological polar surface area (TPSA) is 83.6 Å². The zero-order valence-corrected chi connectivity index (χ0v) is 18.8. The number of fused-ring (bicyclic) bond motifs is 1. The van der Waals surface area contributed by atoms with Gasteiger partial charge < -0.3 is 4.90 Å². The summed E-state index contributed by atoms with van der Waals surface area (Å²) in [6.45, 7) is 5.33. The van der Waals surface area contributed by atoms with Crippen molar-refractivity contribution in [2.45, 2.75) is 25.2 Å². The first-order chi connectivity index (χ1) is 14.7. The van der Waals surface area contributed by atoms with Gasteiger partial charge in [-0.3, -0.25) is 14.3 Å². The van der Waals surface area contributed by atoms with Gasteiger partial charge in [0.15, 0.2) is 0 Å². The predicted octanol–water partition coefficient (Wildman–Crippen LogP) is 3.89. The van der Waals surface area contributed by atoms with Gasteiger partial charge in [-0.1, -0.05) is 49.7 Å². The zero-order chi connectivity index (χ0) is 22.3. The fraction of sp³-hybridized carbons (Fsp3) is 0.304. The van der Waals surface area contributed by atoms with E-state index >= 15 is 0 Å². The van der Waals surface area contributed by atoms with Crippen LogP contribution in [-0.2, 0) is 10.0 Å². The summed E-state index contributed by atoms with van der Waals surface area (Å²) in [6, 6.07) is 12.2. The van der Waals surface area contributed by atoms with Crippen molar-refractivity contribution in [3.8, 4) is 0 Å². The van der Waals surface area contributed by atoms with Crippen LogP contribution in [0.4, 0.5) is 0 Å². The number of allylic oxidation sites excluding steroid dienone is 2. The van der Waals surface area contributed by atoms with E-state index in [1.54, 1.807) is 24.3 Å². The second-order valence-corrected chi connectivity index (χ2v) is 10.5. The summed E-state index contributed by atoms with van der Waals surface area (Å²) in [5.41, 5.74) is 0.422. The minimum absolute atomic E-state index is 0.0387. The van der Waals surface area contributed by atoms with Crippen LogP contribution < -0.4 is 4.72 Å². The van der Waals surface area contributed by atoms with E-state index in [0.717, 1.165) is 6.42 Å². The predicted molar refractivity (Wildman–Crippen MR) is 118 cm³/mol. The molecule has 6 nitrogen and oxygen atoms in total. The van der Waals surface area contributed by atoms with E-state index in [1.807, 2.05) is 4.90 Å². The number of sulfonamides is 1. The van der Waals surface area contributed by atoms with Crippen LogP contribution in [0.2, 0.25) is 5.02 Å². The Labute approximate surface area is 186 Å². The average molecular weight is 459 g/mol. The summed E-state index contributed by atoms with van der Waals surface area (Å²) in [7, 11) is -4.10. The average Bonchev–Trinajstić information content (AvgIpc) is 2.71. The van der Waals surface area contributed by atoms with Gasteiger partial charge in [-0.15, -0.1) is 0 Å². The number of benzene rings is 2. The third-order valence-corrected chi connectivity index (χ3v) is 7.26. The Morgan fingerprint density at radius 1 is 0.903 bits per heavy atom. The van der Waals surface area contributed by atoms with Crippen molar-refractivity contribution in [2.24, 2.45) is 11.8 Å². The second-order valence-electron chi connectivity index (χ2n) is 8.34. The van der Waals surface area contributed by atoms with Gasteiger partial charge in [-0.05, 0) is 42.5 Å². The van der Waals surface area contributed by atoms with E-state index in [9.17, 15) is 18.0 Å². The molecule has 31 heavy (non-hydrogen) atoms. The highest BCUT2D eigenvalue weighted by atomic mass is 35.5. The Morgan fingerprint density at radius 2 is 1.45 bits per heavy atom. The van der Waals surface area contributed by atoms with Gasteiger partial charge in [0.25, 0.3) is 10.0 Å². The van der Waals surface area contributed by atoms with Crippen LogP contribution in [0.25, 0.3) is 0 Å². The minimum atomic E-state index is -4.10. The van der Waals surface area contributed by atoms with E-state index in [1.165, 1.54) is 24.3 Å². The molecule has 0 spiro atoms. The second kappa shape index (κ2) is 8.13. The van der Waals surface area contributed by atoms with E-state index in [0.29, 0.717) is 35.5 Å². The van der Waals surface area contributed by atoms with Crippen LogP contribution in [0.3, 0.4) is 0 Å². The van der Waals surface area contributed by atoms with Crippen molar-refractivity contribution in [1.29, 1.82) is 0 Å². The molecule has 0 aromatic heterocycles. The van der Waals surface area contributed by atoms with E-state index < -0.39 is 15.8 Å². The molecule has 0 radical (unpaired) electrons. The van der Waals surface area contributed by atoms with Gasteiger partial charge in [0, 0.05) is 29.2 Å². The molecule has 2 aromatic carbocycles. The Balaban J connectivity index is 1.84. The molecule has 2 atom stereocenters. The molecule has 0 unspecified atom stereocenters. The molecule has 1 fully saturated rings. The van der Waals surface area contributed by atoms with Gasteiger partial charge >= 0.3 is 0 Å². The Hall–Kier alpha value is -2.64. The van der Waals surface area contributed by atoms with E-state index in [2.05, 4.69) is 18.6 Å². The first kappa shape index (κ1) is 21.6. The summed E-state index contributed by atoms with van der Waals surface area (Å²) in [5, 5.41) is 0.396. The third-order valence-electron chi connectivity index (χ3n) is 5.64. The lowest BCUT2D eigenvalue weighted by Crippen LogP contribution is -2.45. The molecule has 1 N–H and O–H groups in total. The first-order valence-electron chi connectivity index (χ1n) is 10.1. The smallest absolute Gasteiger partial charge is 0.262 e. The van der Waals surface area contributed by atoms with Crippen LogP contribution in [-0.4, -0.2) is 38.0 Å². The van der Waals surface area contributed by atoms with Crippen LogP contribution in [0, 0.1) is 11.8 Å². The van der Waals surface area contributed by atoms with E-state index in [-0.39, 0.29) is 27.6 Å². The molecule has 1 aliphatic carbocycles. The highest BCUT2D eigenvalue weighted by Gasteiger charge is 2.39. The molecule has 4 rings (SSSR count). The molecule has 2 aliphatic rings. The Morgan fingerprint density at radius 3 is 2.03 bits per heavy atom. The number of nitrogens with zero attached hydrogens (tertiary/aromatic N) is 1. The van der Waals surface area contributed by atoms with Crippen molar-refractivity contribution < 1.29 is 18.0 Å². The van der Waals surface area contributed by atoms with Crippen molar-refractivity contribution in [3.05, 3.63) is 76.1 Å². The SMILES string of the molecule is C[C@@H]1C[C@@H](C)CN(C2=C(NS(=O)(=O)c3ccc(Cl)cc3)C(=O)c3ccccc3C2=O)C1. The molecule has 0 amide bonds. The maximum Gasteiger partial charge on any atom is 0.262 e. The Bertz CT molecular complexity index is 1180. The molecule has 2 aromatic rings. The van der Waals surface area contributed by atoms with Gasteiger partial charge in [-0.2, -0.15) is 0 Å². The molecule has 0 bridgehead atoms. The summed E-state index contributed by atoms with van der Waals surface area (Å²) < 4.78 is 28.6. The summed E-state index contributed by atoms with van der Waals surface area (Å²) in [5.74, 6) is -0.227. The molecule has 8 heteroatoms. The number of nitrogens with one attached hydrogen (secondary N) is 1. The number of likely N-dealkylation sites (tertiary alicyclic amines) is 1. The van der Waals surface area contributed by atoms with Crippen molar-refractivity contribution in [2.75, 3.05) is 13.1 Å². The zero-order valence-electron chi connectivity index (χ0n) is 17.3. The Kier molecular flexibility index (Phi) is 5.66. The third kappa shape index (κ3) is 4.12. The van der Waals surface area contributed by atoms with Crippen LogP contribution >= 0.6 is 11.6 Å². The normalized spacial score (nSPS) is 21.8. The molecular weight excluding hydrogens is 436 g/mol. The standard InChI is InChI=1S/C23H23ClN2O4S/c1-14-11-15(2)13-26(12-14)21-20(22(27)18-5-3-4-6-19(18)23(21)28)25-31(29,30)17-9-7-16(24)8-10-17/h3-10,14-15,25H,11-13H2,1-2H3/t14-,15-/m1/s1. The summed E-state index contributed by atoms with van der Waals surface area (Å²) >= 11 is 5.87. The van der Waals surface area contributed by atoms with Crippen molar-refractivity contribution in [1.82, 2.24) is 9.62 Å². The van der Waals surface area contributed by atoms with E-state index in [4.69, 9.17) is 11.6 Å². The van der Waals surface area contributed by atoms with Crippen molar-refractivity contribution >= 4 is 33.2 Å². The number of carbonyl (C=O) groups excluding carboxylic acids is 2. The molecule has 0 saturated carbocycles. The lowest BCUT2D eigenvalue weighted by atomic mass is 9.86. The lowest BCUT2D eigenvalue weighted by molar-refractivity contribution is 0.0900. The minimum Gasteiger partial charge on any atom is -0.366 e. The monoisotopic (exact) mass is 458 g/mol. The maximum absolute atomic E-state index is 13.4. The molecule has 1 saturated heterocycles. The fourth-order valence-corrected chi connectivity index (χ4v) is 5.61. The number of carbonyl (C=O) groups is 2. The highest BCUT2D eigenvalue weighted by Crippen LogP contribution is 2.32. The fourth-order valence-electron chi connectivity index (χ4n) is 4.41. The van der Waals surface area contributed by atoms with Crippen LogP contribution in [0.1, 0.15) is 41.0 Å². The highest BCUT2D eigenvalue weighted by molar-refractivity contribution is 7.89. The first-order valence-corrected chi connectivity index (χ1v) is 12.0. The number of halogens is 1. The summed E-state index contributed by atoms with van der Waals surface area (Å²) in [6.07, 6.45) is 1.01. The quantitative estimate of drug-likeness (QED) is 0.751. The molecule has 1 aliphatic heterocycles. The largest absolute Gasteiger partial charge is 0.366 e. The number of Topliss-reactive ketones (excluding diaryl/α,β-unsaturated/α-hetero) is 2. The summed E-state index contributed by atoms with van der Waals surface area (Å²) in [4.78, 5) is 28.6. The molecule has 1 heterocycles. The lowest BCUT2D eigenvalue weighted by Gasteiger charge is -2.39. The number of piperidine rings is 1. The number of hydrogen-bond acceptors (Lipinski definition) is 5. The van der Waals surface area contributed by atoms with Crippen LogP contribution in [0.15, 0.2) is 64.8 Å². The number of rotatable bonds is 4. The molecular formula is C23H23ClN2O4S. The van der Waals surface area contributed by atoms with Gasteiger partial charge in [-0.25, -0.2) is 8.42 Å². The maximum atomic E-state index is 13.4.